The molecule has 1 fully saturated rings. The van der Waals surface area contributed by atoms with E-state index in [-0.39, 0.29) is 23.0 Å². The Balaban J connectivity index is 1.94. The molecule has 0 bridgehead atoms. The molecule has 0 aromatic heterocycles. The van der Waals surface area contributed by atoms with Gasteiger partial charge < -0.3 is 9.47 Å². The van der Waals surface area contributed by atoms with E-state index < -0.39 is 0 Å². The van der Waals surface area contributed by atoms with Crippen molar-refractivity contribution in [1.82, 2.24) is 0 Å². The fourth-order valence-electron chi connectivity index (χ4n) is 6.47. The summed E-state index contributed by atoms with van der Waals surface area (Å²) < 4.78 is 13.2. The predicted molar refractivity (Wildman–Crippen MR) is 163 cm³/mol. The summed E-state index contributed by atoms with van der Waals surface area (Å²) in [4.78, 5) is 0. The van der Waals surface area contributed by atoms with E-state index >= 15 is 0 Å². The van der Waals surface area contributed by atoms with Gasteiger partial charge in [0.25, 0.3) is 0 Å². The average molecular weight is 521 g/mol. The van der Waals surface area contributed by atoms with Crippen LogP contribution in [0.25, 0.3) is 0 Å². The van der Waals surface area contributed by atoms with Gasteiger partial charge in [0.2, 0.25) is 0 Å². The predicted octanol–water partition coefficient (Wildman–Crippen LogP) is 10.7. The summed E-state index contributed by atoms with van der Waals surface area (Å²) in [6.07, 6.45) is 16.9. The molecule has 3 rings (SSSR count). The first-order valence-electron chi connectivity index (χ1n) is 15.8. The molecule has 0 aliphatic heterocycles. The molecular weight excluding hydrogens is 464 g/mol. The summed E-state index contributed by atoms with van der Waals surface area (Å²) in [5, 5.41) is 0. The van der Waals surface area contributed by atoms with Gasteiger partial charge in [0, 0.05) is 11.0 Å². The summed E-state index contributed by atoms with van der Waals surface area (Å²) in [5.74, 6) is 1.10. The van der Waals surface area contributed by atoms with E-state index in [9.17, 15) is 0 Å². The Labute approximate surface area is 234 Å². The molecule has 0 heterocycles. The van der Waals surface area contributed by atoms with Crippen LogP contribution in [0.3, 0.4) is 0 Å². The Hall–Kier alpha value is -1.80. The molecule has 0 radical (unpaired) electrons. The molecule has 2 nitrogen and oxygen atoms in total. The molecule has 38 heavy (non-hydrogen) atoms. The van der Waals surface area contributed by atoms with E-state index in [2.05, 4.69) is 90.1 Å². The topological polar surface area (TPSA) is 18.5 Å². The smallest absolute Gasteiger partial charge is 0.123 e. The van der Waals surface area contributed by atoms with Crippen molar-refractivity contribution >= 4 is 0 Å². The monoisotopic (exact) mass is 520 g/mol. The zero-order chi connectivity index (χ0) is 27.4. The number of rotatable bonds is 16. The number of hydrogen-bond donors (Lipinski definition) is 0. The Bertz CT molecular complexity index is 924. The maximum absolute atomic E-state index is 6.75. The van der Waals surface area contributed by atoms with Crippen LogP contribution >= 0.6 is 0 Å². The van der Waals surface area contributed by atoms with E-state index in [4.69, 9.17) is 9.47 Å². The first-order chi connectivity index (χ1) is 18.3. The number of ether oxygens (including phenoxy) is 2. The van der Waals surface area contributed by atoms with Crippen LogP contribution in [0.5, 0.6) is 5.75 Å². The average Bonchev–Trinajstić information content (AvgIpc) is 2.92. The van der Waals surface area contributed by atoms with Crippen molar-refractivity contribution in [2.24, 2.45) is 0 Å². The highest BCUT2D eigenvalue weighted by Crippen LogP contribution is 2.48. The molecule has 0 N–H and O–H groups in total. The molecule has 1 unspecified atom stereocenters. The highest BCUT2D eigenvalue weighted by molar-refractivity contribution is 5.45. The standard InChI is InChI=1S/C36H56O2/c1-7-9-10-11-16-23-35(5,6)31-21-22-33(34(26-31)37-28-30-19-14-12-15-20-30)36(24-17-13-18-25-36)27-32(8-2)38-29(3)4/h12,14-15,19-22,26,29,32H,7-11,13,16-18,23-25,27-28H2,1-6H3. The van der Waals surface area contributed by atoms with Gasteiger partial charge in [0.1, 0.15) is 12.4 Å². The van der Waals surface area contributed by atoms with Crippen molar-refractivity contribution in [1.29, 1.82) is 0 Å². The Morgan fingerprint density at radius 1 is 0.868 bits per heavy atom. The third-order valence-electron chi connectivity index (χ3n) is 8.83. The molecule has 2 aromatic carbocycles. The Kier molecular flexibility index (Phi) is 12.2. The molecule has 212 valence electrons. The molecule has 0 amide bonds. The minimum absolute atomic E-state index is 0.128. The lowest BCUT2D eigenvalue weighted by Crippen LogP contribution is -2.35. The molecule has 1 aliphatic carbocycles. The molecule has 1 aliphatic rings. The number of benzene rings is 2. The second-order valence-corrected chi connectivity index (χ2v) is 12.8. The van der Waals surface area contributed by atoms with Gasteiger partial charge in [-0.2, -0.15) is 0 Å². The third-order valence-corrected chi connectivity index (χ3v) is 8.83. The van der Waals surface area contributed by atoms with Gasteiger partial charge in [-0.25, -0.2) is 0 Å². The van der Waals surface area contributed by atoms with Crippen LogP contribution in [0.1, 0.15) is 142 Å². The first kappa shape index (κ1) is 30.7. The highest BCUT2D eigenvalue weighted by Gasteiger charge is 2.39. The summed E-state index contributed by atoms with van der Waals surface area (Å²) in [7, 11) is 0. The van der Waals surface area contributed by atoms with Crippen molar-refractivity contribution in [2.75, 3.05) is 0 Å². The van der Waals surface area contributed by atoms with Crippen molar-refractivity contribution in [2.45, 2.75) is 155 Å². The van der Waals surface area contributed by atoms with Crippen LogP contribution < -0.4 is 4.74 Å². The zero-order valence-electron chi connectivity index (χ0n) is 25.5. The first-order valence-corrected chi connectivity index (χ1v) is 15.8. The third kappa shape index (κ3) is 8.87. The van der Waals surface area contributed by atoms with Gasteiger partial charge in [0.15, 0.2) is 0 Å². The van der Waals surface area contributed by atoms with Crippen LogP contribution in [0.2, 0.25) is 0 Å². The van der Waals surface area contributed by atoms with Gasteiger partial charge in [0.05, 0.1) is 12.2 Å². The normalized spacial score (nSPS) is 16.5. The molecule has 0 spiro atoms. The molecule has 1 atom stereocenters. The van der Waals surface area contributed by atoms with Gasteiger partial charge in [-0.05, 0) is 68.6 Å². The maximum Gasteiger partial charge on any atom is 0.123 e. The number of hydrogen-bond acceptors (Lipinski definition) is 2. The van der Waals surface area contributed by atoms with Crippen molar-refractivity contribution in [3.63, 3.8) is 0 Å². The van der Waals surface area contributed by atoms with E-state index in [1.165, 1.54) is 87.3 Å². The summed E-state index contributed by atoms with van der Waals surface area (Å²) in [5.41, 5.74) is 4.33. The van der Waals surface area contributed by atoms with E-state index in [1.807, 2.05) is 0 Å². The van der Waals surface area contributed by atoms with E-state index in [0.717, 1.165) is 18.6 Å². The summed E-state index contributed by atoms with van der Waals surface area (Å²) in [6, 6.07) is 17.9. The van der Waals surface area contributed by atoms with Gasteiger partial charge in [-0.1, -0.05) is 122 Å². The quantitative estimate of drug-likeness (QED) is 0.205. The maximum atomic E-state index is 6.75. The van der Waals surface area contributed by atoms with Crippen LogP contribution in [-0.4, -0.2) is 12.2 Å². The number of unbranched alkanes of at least 4 members (excludes halogenated alkanes) is 4. The SMILES string of the molecule is CCCCCCCC(C)(C)c1ccc(C2(CC(CC)OC(C)C)CCCCC2)c(OCc2ccccc2)c1. The fraction of sp³-hybridized carbons (Fsp3) is 0.667. The largest absolute Gasteiger partial charge is 0.489 e. The van der Waals surface area contributed by atoms with Crippen LogP contribution in [0.15, 0.2) is 48.5 Å². The molecule has 2 heteroatoms. The Morgan fingerprint density at radius 2 is 1.58 bits per heavy atom. The summed E-state index contributed by atoms with van der Waals surface area (Å²) >= 11 is 0. The van der Waals surface area contributed by atoms with Crippen LogP contribution in [0.4, 0.5) is 0 Å². The molecule has 2 aromatic rings. The lowest BCUT2D eigenvalue weighted by atomic mass is 9.65. The highest BCUT2D eigenvalue weighted by atomic mass is 16.5. The molecular formula is C36H56O2. The van der Waals surface area contributed by atoms with E-state index in [1.54, 1.807) is 0 Å². The van der Waals surface area contributed by atoms with Crippen molar-refractivity contribution in [3.8, 4) is 5.75 Å². The lowest BCUT2D eigenvalue weighted by molar-refractivity contribution is -0.0162. The minimum Gasteiger partial charge on any atom is -0.489 e. The summed E-state index contributed by atoms with van der Waals surface area (Å²) in [6.45, 7) is 14.4. The second-order valence-electron chi connectivity index (χ2n) is 12.8. The lowest BCUT2D eigenvalue weighted by Gasteiger charge is -2.42. The van der Waals surface area contributed by atoms with Gasteiger partial charge >= 0.3 is 0 Å². The van der Waals surface area contributed by atoms with Gasteiger partial charge in [-0.3, -0.25) is 0 Å². The second kappa shape index (κ2) is 15.1. The minimum atomic E-state index is 0.128. The zero-order valence-corrected chi connectivity index (χ0v) is 25.5. The van der Waals surface area contributed by atoms with Crippen LogP contribution in [0, 0.1) is 0 Å². The van der Waals surface area contributed by atoms with Gasteiger partial charge in [-0.15, -0.1) is 0 Å². The van der Waals surface area contributed by atoms with Crippen LogP contribution in [-0.2, 0) is 22.2 Å². The van der Waals surface area contributed by atoms with Crippen molar-refractivity contribution in [3.05, 3.63) is 65.2 Å². The Morgan fingerprint density at radius 3 is 2.24 bits per heavy atom. The molecule has 0 saturated heterocycles. The van der Waals surface area contributed by atoms with E-state index in [0.29, 0.717) is 6.61 Å². The van der Waals surface area contributed by atoms with Crippen molar-refractivity contribution < 1.29 is 9.47 Å². The molecule has 1 saturated carbocycles. The fourth-order valence-corrected chi connectivity index (χ4v) is 6.47.